The molecule has 7 nitrogen and oxygen atoms in total. The molecule has 0 radical (unpaired) electrons. The molecule has 0 atom stereocenters. The van der Waals surface area contributed by atoms with Crippen molar-refractivity contribution in [2.45, 2.75) is 12.8 Å². The Balaban J connectivity index is 1.91. The van der Waals surface area contributed by atoms with Crippen LogP contribution in [0.3, 0.4) is 0 Å². The van der Waals surface area contributed by atoms with Crippen molar-refractivity contribution in [3.05, 3.63) is 18.1 Å². The van der Waals surface area contributed by atoms with E-state index in [0.29, 0.717) is 5.69 Å². The van der Waals surface area contributed by atoms with Crippen LogP contribution in [0.1, 0.15) is 23.3 Å². The van der Waals surface area contributed by atoms with E-state index in [-0.39, 0.29) is 12.5 Å². The second kappa shape index (κ2) is 8.05. The zero-order chi connectivity index (χ0) is 15.9. The van der Waals surface area contributed by atoms with Crippen molar-refractivity contribution in [1.82, 2.24) is 19.8 Å². The fourth-order valence-corrected chi connectivity index (χ4v) is 2.49. The third kappa shape index (κ3) is 4.38. The number of anilines is 1. The summed E-state index contributed by atoms with van der Waals surface area (Å²) >= 11 is 0. The summed E-state index contributed by atoms with van der Waals surface area (Å²) in [5.74, 6) is 0.639. The van der Waals surface area contributed by atoms with Crippen molar-refractivity contribution < 1.29 is 9.90 Å². The van der Waals surface area contributed by atoms with E-state index in [4.69, 9.17) is 5.11 Å². The Bertz CT molecular complexity index is 487. The molecule has 0 unspecified atom stereocenters. The van der Waals surface area contributed by atoms with Crippen LogP contribution in [-0.4, -0.2) is 84.2 Å². The lowest BCUT2D eigenvalue weighted by atomic mass is 10.2. The number of unbranched alkanes of at least 4 members (excludes halogenated alkanes) is 1. The van der Waals surface area contributed by atoms with Crippen LogP contribution < -0.4 is 4.90 Å². The molecular weight excluding hydrogens is 282 g/mol. The summed E-state index contributed by atoms with van der Waals surface area (Å²) in [5, 5.41) is 8.82. The molecule has 1 fully saturated rings. The molecule has 1 aliphatic rings. The maximum absolute atomic E-state index is 12.0. The Kier molecular flexibility index (Phi) is 6.09. The maximum Gasteiger partial charge on any atom is 0.273 e. The number of nitrogens with zero attached hydrogens (tertiary/aromatic N) is 5. The second-order valence-electron chi connectivity index (χ2n) is 5.72. The summed E-state index contributed by atoms with van der Waals surface area (Å²) in [4.78, 5) is 26.6. The van der Waals surface area contributed by atoms with Crippen LogP contribution in [-0.2, 0) is 0 Å². The van der Waals surface area contributed by atoms with Crippen LogP contribution >= 0.6 is 0 Å². The van der Waals surface area contributed by atoms with Gasteiger partial charge in [-0.3, -0.25) is 14.7 Å². The van der Waals surface area contributed by atoms with Gasteiger partial charge < -0.3 is 14.9 Å². The summed E-state index contributed by atoms with van der Waals surface area (Å²) in [5.41, 5.74) is 0.382. The molecule has 1 aromatic heterocycles. The first kappa shape index (κ1) is 16.6. The van der Waals surface area contributed by atoms with Crippen LogP contribution in [0.2, 0.25) is 0 Å². The van der Waals surface area contributed by atoms with E-state index in [1.165, 1.54) is 11.1 Å². The number of piperazine rings is 1. The molecule has 0 aromatic carbocycles. The maximum atomic E-state index is 12.0. The molecule has 122 valence electrons. The van der Waals surface area contributed by atoms with E-state index in [1.807, 2.05) is 0 Å². The number of aliphatic hydroxyl groups is 1. The van der Waals surface area contributed by atoms with Crippen molar-refractivity contribution in [3.8, 4) is 0 Å². The average molecular weight is 307 g/mol. The van der Waals surface area contributed by atoms with E-state index < -0.39 is 0 Å². The van der Waals surface area contributed by atoms with E-state index in [2.05, 4.69) is 19.8 Å². The zero-order valence-corrected chi connectivity index (χ0v) is 13.4. The average Bonchev–Trinajstić information content (AvgIpc) is 2.55. The number of carbonyl (C=O) groups is 1. The zero-order valence-electron chi connectivity index (χ0n) is 13.4. The fourth-order valence-electron chi connectivity index (χ4n) is 2.49. The smallest absolute Gasteiger partial charge is 0.273 e. The van der Waals surface area contributed by atoms with Gasteiger partial charge in [0.25, 0.3) is 5.91 Å². The van der Waals surface area contributed by atoms with Crippen LogP contribution in [0.5, 0.6) is 0 Å². The molecule has 22 heavy (non-hydrogen) atoms. The summed E-state index contributed by atoms with van der Waals surface area (Å²) in [7, 11) is 3.42. The number of aliphatic hydroxyl groups excluding tert-OH is 1. The van der Waals surface area contributed by atoms with Gasteiger partial charge in [0.05, 0.1) is 12.4 Å². The van der Waals surface area contributed by atoms with Gasteiger partial charge in [-0.05, 0) is 19.4 Å². The molecule has 1 N–H and O–H groups in total. The lowest BCUT2D eigenvalue weighted by Gasteiger charge is -2.35. The van der Waals surface area contributed by atoms with E-state index >= 15 is 0 Å². The van der Waals surface area contributed by atoms with Gasteiger partial charge >= 0.3 is 0 Å². The molecular formula is C15H25N5O2. The third-order valence-electron chi connectivity index (χ3n) is 3.83. The minimum Gasteiger partial charge on any atom is -0.396 e. The minimum absolute atomic E-state index is 0.128. The summed E-state index contributed by atoms with van der Waals surface area (Å²) in [6.07, 6.45) is 5.12. The highest BCUT2D eigenvalue weighted by molar-refractivity contribution is 5.91. The largest absolute Gasteiger partial charge is 0.396 e. The van der Waals surface area contributed by atoms with E-state index in [9.17, 15) is 4.79 Å². The third-order valence-corrected chi connectivity index (χ3v) is 3.83. The van der Waals surface area contributed by atoms with E-state index in [1.54, 1.807) is 20.3 Å². The number of hydrogen-bond acceptors (Lipinski definition) is 6. The van der Waals surface area contributed by atoms with Crippen molar-refractivity contribution in [3.63, 3.8) is 0 Å². The molecule has 0 saturated carbocycles. The number of carbonyl (C=O) groups excluding carboxylic acids is 1. The standard InChI is InChI=1S/C15H25N5O2/c1-18(2)15(22)13-11-16-12-14(17-13)20-8-6-19(7-9-20)5-3-4-10-21/h11-12,21H,3-10H2,1-2H3. The van der Waals surface area contributed by atoms with Crippen molar-refractivity contribution in [1.29, 1.82) is 0 Å². The van der Waals surface area contributed by atoms with Gasteiger partial charge in [0.15, 0.2) is 0 Å². The molecule has 0 bridgehead atoms. The second-order valence-corrected chi connectivity index (χ2v) is 5.72. The van der Waals surface area contributed by atoms with Gasteiger partial charge in [-0.2, -0.15) is 0 Å². The lowest BCUT2D eigenvalue weighted by Crippen LogP contribution is -2.47. The predicted octanol–water partition coefficient (Wildman–Crippen LogP) is 0.0729. The van der Waals surface area contributed by atoms with Gasteiger partial charge in [-0.1, -0.05) is 0 Å². The topological polar surface area (TPSA) is 72.8 Å². The number of rotatable bonds is 6. The first-order chi connectivity index (χ1) is 10.6. The van der Waals surface area contributed by atoms with Crippen LogP contribution in [0.4, 0.5) is 5.82 Å². The molecule has 1 aliphatic heterocycles. The minimum atomic E-state index is -0.128. The van der Waals surface area contributed by atoms with E-state index in [0.717, 1.165) is 51.4 Å². The number of aromatic nitrogens is 2. The molecule has 7 heteroatoms. The Morgan fingerprint density at radius 3 is 2.59 bits per heavy atom. The molecule has 1 aromatic rings. The van der Waals surface area contributed by atoms with Crippen molar-refractivity contribution in [2.75, 3.05) is 58.3 Å². The monoisotopic (exact) mass is 307 g/mol. The molecule has 0 spiro atoms. The first-order valence-corrected chi connectivity index (χ1v) is 7.73. The van der Waals surface area contributed by atoms with Gasteiger partial charge in [0.1, 0.15) is 11.5 Å². The Morgan fingerprint density at radius 2 is 1.95 bits per heavy atom. The number of amides is 1. The first-order valence-electron chi connectivity index (χ1n) is 7.73. The highest BCUT2D eigenvalue weighted by Gasteiger charge is 2.19. The van der Waals surface area contributed by atoms with Gasteiger partial charge in [0.2, 0.25) is 0 Å². The lowest BCUT2D eigenvalue weighted by molar-refractivity contribution is 0.0821. The highest BCUT2D eigenvalue weighted by Crippen LogP contribution is 2.14. The number of hydrogen-bond donors (Lipinski definition) is 1. The summed E-state index contributed by atoms with van der Waals surface area (Å²) in [6.45, 7) is 5.00. The Labute approximate surface area is 131 Å². The van der Waals surface area contributed by atoms with Gasteiger partial charge in [0, 0.05) is 46.9 Å². The molecule has 0 aliphatic carbocycles. The molecule has 1 saturated heterocycles. The van der Waals surface area contributed by atoms with Crippen molar-refractivity contribution >= 4 is 11.7 Å². The Morgan fingerprint density at radius 1 is 1.23 bits per heavy atom. The Hall–Kier alpha value is -1.73. The normalized spacial score (nSPS) is 15.9. The van der Waals surface area contributed by atoms with Crippen LogP contribution in [0.15, 0.2) is 12.4 Å². The van der Waals surface area contributed by atoms with Crippen molar-refractivity contribution in [2.24, 2.45) is 0 Å². The highest BCUT2D eigenvalue weighted by atomic mass is 16.2. The molecule has 2 rings (SSSR count). The van der Waals surface area contributed by atoms with Crippen LogP contribution in [0, 0.1) is 0 Å². The predicted molar refractivity (Wildman–Crippen MR) is 85.0 cm³/mol. The summed E-state index contributed by atoms with van der Waals surface area (Å²) < 4.78 is 0. The fraction of sp³-hybridized carbons (Fsp3) is 0.667. The quantitative estimate of drug-likeness (QED) is 0.750. The van der Waals surface area contributed by atoms with Gasteiger partial charge in [-0.15, -0.1) is 0 Å². The van der Waals surface area contributed by atoms with Gasteiger partial charge in [-0.25, -0.2) is 4.98 Å². The molecule has 1 amide bonds. The summed E-state index contributed by atoms with van der Waals surface area (Å²) in [6, 6.07) is 0. The van der Waals surface area contributed by atoms with Crippen LogP contribution in [0.25, 0.3) is 0 Å². The SMILES string of the molecule is CN(C)C(=O)c1cncc(N2CCN(CCCCO)CC2)n1. The molecule has 2 heterocycles.